The van der Waals surface area contributed by atoms with Crippen molar-refractivity contribution in [2.24, 2.45) is 9.98 Å². The Hall–Kier alpha value is -0.510. The lowest BCUT2D eigenvalue weighted by Crippen LogP contribution is -2.17. The standard InChI is InChI=1S/C11H21N3S/c1-2-3-4-5-6-7-8-15-14-10-12-9-13-11-14/h9-10H,2-8,11H2,1H3. The summed E-state index contributed by atoms with van der Waals surface area (Å²) in [5.41, 5.74) is 0. The minimum absolute atomic E-state index is 0.754. The molecule has 0 unspecified atom stereocenters. The molecule has 1 aliphatic rings. The summed E-state index contributed by atoms with van der Waals surface area (Å²) < 4.78 is 2.09. The molecule has 4 heteroatoms. The summed E-state index contributed by atoms with van der Waals surface area (Å²) in [6.45, 7) is 3.01. The van der Waals surface area contributed by atoms with E-state index in [-0.39, 0.29) is 0 Å². The van der Waals surface area contributed by atoms with Crippen LogP contribution in [-0.2, 0) is 0 Å². The van der Waals surface area contributed by atoms with Crippen LogP contribution < -0.4 is 0 Å². The summed E-state index contributed by atoms with van der Waals surface area (Å²) in [4.78, 5) is 8.07. The number of nitrogens with zero attached hydrogens (tertiary/aromatic N) is 3. The van der Waals surface area contributed by atoms with E-state index in [0.29, 0.717) is 0 Å². The average molecular weight is 227 g/mol. The maximum absolute atomic E-state index is 4.08. The number of rotatable bonds is 8. The van der Waals surface area contributed by atoms with Gasteiger partial charge in [-0.1, -0.05) is 39.0 Å². The summed E-state index contributed by atoms with van der Waals surface area (Å²) in [6.07, 6.45) is 11.6. The van der Waals surface area contributed by atoms with E-state index in [9.17, 15) is 0 Å². The van der Waals surface area contributed by atoms with Gasteiger partial charge in [0, 0.05) is 5.75 Å². The van der Waals surface area contributed by atoms with Crippen molar-refractivity contribution in [1.82, 2.24) is 4.31 Å². The number of hydrogen-bond donors (Lipinski definition) is 0. The highest BCUT2D eigenvalue weighted by Gasteiger charge is 2.01. The Balaban J connectivity index is 1.84. The lowest BCUT2D eigenvalue weighted by molar-refractivity contribution is 0.624. The molecule has 0 saturated heterocycles. The van der Waals surface area contributed by atoms with Gasteiger partial charge in [-0.2, -0.15) is 0 Å². The van der Waals surface area contributed by atoms with Crippen LogP contribution in [0.25, 0.3) is 0 Å². The summed E-state index contributed by atoms with van der Waals surface area (Å²) >= 11 is 1.83. The third-order valence-electron chi connectivity index (χ3n) is 2.32. The van der Waals surface area contributed by atoms with Crippen LogP contribution in [0.3, 0.4) is 0 Å². The molecule has 0 amide bonds. The number of hydrogen-bond acceptors (Lipinski definition) is 4. The molecule has 15 heavy (non-hydrogen) atoms. The second-order valence-corrected chi connectivity index (χ2v) is 4.86. The summed E-state index contributed by atoms with van der Waals surface area (Å²) in [5, 5.41) is 0. The second kappa shape index (κ2) is 8.77. The predicted molar refractivity (Wildman–Crippen MR) is 69.5 cm³/mol. The zero-order valence-corrected chi connectivity index (χ0v) is 10.4. The molecule has 0 aromatic rings. The molecule has 1 heterocycles. The third-order valence-corrected chi connectivity index (χ3v) is 3.33. The molecule has 0 saturated carbocycles. The zero-order valence-electron chi connectivity index (χ0n) is 9.56. The van der Waals surface area contributed by atoms with Crippen molar-refractivity contribution >= 4 is 24.6 Å². The Kier molecular flexibility index (Phi) is 7.34. The molecule has 0 aromatic heterocycles. The molecular formula is C11H21N3S. The molecule has 0 fully saturated rings. The van der Waals surface area contributed by atoms with E-state index in [1.807, 2.05) is 18.3 Å². The normalized spacial score (nSPS) is 14.9. The van der Waals surface area contributed by atoms with E-state index in [1.165, 1.54) is 44.3 Å². The lowest BCUT2D eigenvalue weighted by Gasteiger charge is -2.16. The van der Waals surface area contributed by atoms with E-state index in [2.05, 4.69) is 21.2 Å². The maximum atomic E-state index is 4.08. The SMILES string of the molecule is CCCCCCCCSN1C=NC=NC1. The molecule has 0 spiro atoms. The van der Waals surface area contributed by atoms with Crippen LogP contribution in [-0.4, -0.2) is 29.4 Å². The van der Waals surface area contributed by atoms with Gasteiger partial charge < -0.3 is 0 Å². The first-order valence-electron chi connectivity index (χ1n) is 5.84. The van der Waals surface area contributed by atoms with E-state index in [4.69, 9.17) is 0 Å². The van der Waals surface area contributed by atoms with E-state index >= 15 is 0 Å². The first-order chi connectivity index (χ1) is 7.43. The first kappa shape index (κ1) is 12.6. The van der Waals surface area contributed by atoms with Crippen molar-refractivity contribution in [2.75, 3.05) is 12.4 Å². The molecule has 0 atom stereocenters. The molecule has 0 radical (unpaired) electrons. The van der Waals surface area contributed by atoms with E-state index in [0.717, 1.165) is 6.67 Å². The average Bonchev–Trinajstić information content (AvgIpc) is 2.29. The van der Waals surface area contributed by atoms with Gasteiger partial charge in [0.15, 0.2) is 0 Å². The van der Waals surface area contributed by atoms with E-state index < -0.39 is 0 Å². The fourth-order valence-electron chi connectivity index (χ4n) is 1.44. The Bertz CT molecular complexity index is 204. The van der Waals surface area contributed by atoms with E-state index in [1.54, 1.807) is 6.34 Å². The van der Waals surface area contributed by atoms with Gasteiger partial charge in [0.05, 0.1) is 0 Å². The highest BCUT2D eigenvalue weighted by molar-refractivity contribution is 7.97. The molecule has 1 rings (SSSR count). The molecule has 1 aliphatic heterocycles. The first-order valence-corrected chi connectivity index (χ1v) is 6.79. The van der Waals surface area contributed by atoms with Crippen molar-refractivity contribution < 1.29 is 0 Å². The molecular weight excluding hydrogens is 206 g/mol. The number of aliphatic imine (C=N–C) groups is 2. The van der Waals surface area contributed by atoms with Gasteiger partial charge in [-0.25, -0.2) is 4.99 Å². The number of unbranched alkanes of at least 4 members (excludes halogenated alkanes) is 5. The molecule has 0 aromatic carbocycles. The molecule has 0 N–H and O–H groups in total. The van der Waals surface area contributed by atoms with Gasteiger partial charge in [-0.05, 0) is 18.4 Å². The van der Waals surface area contributed by atoms with Crippen LogP contribution in [0, 0.1) is 0 Å². The smallest absolute Gasteiger partial charge is 0.123 e. The summed E-state index contributed by atoms with van der Waals surface area (Å²) in [7, 11) is 0. The van der Waals surface area contributed by atoms with Gasteiger partial charge >= 0.3 is 0 Å². The monoisotopic (exact) mass is 227 g/mol. The van der Waals surface area contributed by atoms with Crippen molar-refractivity contribution in [3.05, 3.63) is 0 Å². The highest BCUT2D eigenvalue weighted by atomic mass is 32.2. The quantitative estimate of drug-likeness (QED) is 0.470. The Labute approximate surface area is 97.2 Å². The molecule has 0 aliphatic carbocycles. The van der Waals surface area contributed by atoms with Crippen LogP contribution in [0.2, 0.25) is 0 Å². The zero-order chi connectivity index (χ0) is 10.8. The fourth-order valence-corrected chi connectivity index (χ4v) is 2.28. The van der Waals surface area contributed by atoms with Gasteiger partial charge in [0.1, 0.15) is 19.3 Å². The Morgan fingerprint density at radius 1 is 1.20 bits per heavy atom. The van der Waals surface area contributed by atoms with Crippen LogP contribution in [0.5, 0.6) is 0 Å². The van der Waals surface area contributed by atoms with Crippen molar-refractivity contribution in [1.29, 1.82) is 0 Å². The highest BCUT2D eigenvalue weighted by Crippen LogP contribution is 2.13. The van der Waals surface area contributed by atoms with Gasteiger partial charge in [0.25, 0.3) is 0 Å². The van der Waals surface area contributed by atoms with Crippen molar-refractivity contribution in [3.8, 4) is 0 Å². The van der Waals surface area contributed by atoms with Gasteiger partial charge in [0.2, 0.25) is 0 Å². The predicted octanol–water partition coefficient (Wildman–Crippen LogP) is 3.32. The van der Waals surface area contributed by atoms with Crippen molar-refractivity contribution in [2.45, 2.75) is 45.4 Å². The van der Waals surface area contributed by atoms with Crippen LogP contribution in [0.1, 0.15) is 45.4 Å². The Morgan fingerprint density at radius 2 is 2.00 bits per heavy atom. The molecule has 86 valence electrons. The van der Waals surface area contributed by atoms with Gasteiger partial charge in [-0.15, -0.1) is 0 Å². The molecule has 0 bridgehead atoms. The van der Waals surface area contributed by atoms with Gasteiger partial charge in [-0.3, -0.25) is 9.30 Å². The second-order valence-electron chi connectivity index (χ2n) is 3.72. The topological polar surface area (TPSA) is 28.0 Å². The molecule has 3 nitrogen and oxygen atoms in total. The largest absolute Gasteiger partial charge is 0.285 e. The lowest BCUT2D eigenvalue weighted by atomic mass is 10.1. The third kappa shape index (κ3) is 6.55. The van der Waals surface area contributed by atoms with Crippen LogP contribution in [0.4, 0.5) is 0 Å². The fraction of sp³-hybridized carbons (Fsp3) is 0.818. The minimum atomic E-state index is 0.754. The Morgan fingerprint density at radius 3 is 2.73 bits per heavy atom. The maximum Gasteiger partial charge on any atom is 0.123 e. The van der Waals surface area contributed by atoms with Crippen molar-refractivity contribution in [3.63, 3.8) is 0 Å². The summed E-state index contributed by atoms with van der Waals surface area (Å²) in [5.74, 6) is 1.19. The van der Waals surface area contributed by atoms with Crippen LogP contribution in [0.15, 0.2) is 9.98 Å². The summed E-state index contributed by atoms with van der Waals surface area (Å²) in [6, 6.07) is 0. The van der Waals surface area contributed by atoms with Crippen LogP contribution >= 0.6 is 11.9 Å². The minimum Gasteiger partial charge on any atom is -0.285 e.